The minimum Gasteiger partial charge on any atom is -0.378 e. The van der Waals surface area contributed by atoms with Gasteiger partial charge in [-0.05, 0) is 31.2 Å². The number of aryl methyl sites for hydroxylation is 1. The van der Waals surface area contributed by atoms with Gasteiger partial charge in [0.15, 0.2) is 0 Å². The second-order valence-corrected chi connectivity index (χ2v) is 6.93. The third kappa shape index (κ3) is 3.22. The molecule has 0 atom stereocenters. The molecular weight excluding hydrogens is 324 g/mol. The van der Waals surface area contributed by atoms with E-state index in [2.05, 4.69) is 73.3 Å². The van der Waals surface area contributed by atoms with Crippen molar-refractivity contribution in [1.29, 1.82) is 0 Å². The van der Waals surface area contributed by atoms with Crippen molar-refractivity contribution in [3.8, 4) is 11.3 Å². The Labute approximate surface area is 154 Å². The average Bonchev–Trinajstić information content (AvgIpc) is 2.68. The number of hydrogen-bond acceptors (Lipinski definition) is 5. The zero-order valence-corrected chi connectivity index (χ0v) is 15.6. The van der Waals surface area contributed by atoms with Crippen molar-refractivity contribution in [1.82, 2.24) is 9.97 Å². The summed E-state index contributed by atoms with van der Waals surface area (Å²) in [6, 6.07) is 14.9. The Bertz CT molecular complexity index is 915. The van der Waals surface area contributed by atoms with Crippen LogP contribution in [0, 0.1) is 6.92 Å². The third-order valence-electron chi connectivity index (χ3n) is 4.79. The molecule has 1 aliphatic rings. The summed E-state index contributed by atoms with van der Waals surface area (Å²) in [5.74, 6) is 0.788. The van der Waals surface area contributed by atoms with Crippen LogP contribution < -0.4 is 9.80 Å². The maximum atomic E-state index is 5.47. The van der Waals surface area contributed by atoms with Gasteiger partial charge in [-0.3, -0.25) is 0 Å². The molecule has 4 rings (SSSR count). The van der Waals surface area contributed by atoms with E-state index in [9.17, 15) is 0 Å². The molecule has 0 N–H and O–H groups in total. The highest BCUT2D eigenvalue weighted by molar-refractivity contribution is 5.93. The first-order chi connectivity index (χ1) is 12.6. The Kier molecular flexibility index (Phi) is 4.47. The predicted octanol–water partition coefficient (Wildman–Crippen LogP) is 3.51. The summed E-state index contributed by atoms with van der Waals surface area (Å²) in [4.78, 5) is 14.1. The summed E-state index contributed by atoms with van der Waals surface area (Å²) in [6.07, 6.45) is 0. The van der Waals surface area contributed by atoms with E-state index in [4.69, 9.17) is 14.7 Å². The van der Waals surface area contributed by atoms with Crippen LogP contribution >= 0.6 is 0 Å². The lowest BCUT2D eigenvalue weighted by Crippen LogP contribution is -2.37. The van der Waals surface area contributed by atoms with Crippen molar-refractivity contribution in [3.63, 3.8) is 0 Å². The molecule has 1 aliphatic heterocycles. The molecule has 5 heteroatoms. The van der Waals surface area contributed by atoms with Gasteiger partial charge < -0.3 is 14.5 Å². The van der Waals surface area contributed by atoms with Crippen LogP contribution in [0.5, 0.6) is 0 Å². The molecule has 134 valence electrons. The Morgan fingerprint density at radius 1 is 0.962 bits per heavy atom. The number of morpholine rings is 1. The average molecular weight is 348 g/mol. The molecule has 5 nitrogen and oxygen atoms in total. The van der Waals surface area contributed by atoms with E-state index in [0.29, 0.717) is 0 Å². The highest BCUT2D eigenvalue weighted by Gasteiger charge is 2.17. The Hall–Kier alpha value is -2.66. The largest absolute Gasteiger partial charge is 0.378 e. The SMILES string of the molecule is Cc1ccc2nc(N3CCOCC3)nc(-c3ccc(N(C)C)cc3)c2c1. The normalized spacial score (nSPS) is 14.7. The zero-order chi connectivity index (χ0) is 18.1. The number of hydrogen-bond donors (Lipinski definition) is 0. The second-order valence-electron chi connectivity index (χ2n) is 6.93. The van der Waals surface area contributed by atoms with Gasteiger partial charge in [0.2, 0.25) is 5.95 Å². The van der Waals surface area contributed by atoms with Crippen LogP contribution in [0.3, 0.4) is 0 Å². The number of rotatable bonds is 3. The molecule has 26 heavy (non-hydrogen) atoms. The molecule has 0 amide bonds. The summed E-state index contributed by atoms with van der Waals surface area (Å²) >= 11 is 0. The van der Waals surface area contributed by atoms with Crippen LogP contribution in [-0.2, 0) is 4.74 Å². The van der Waals surface area contributed by atoms with Crippen molar-refractivity contribution in [2.24, 2.45) is 0 Å². The lowest BCUT2D eigenvalue weighted by Gasteiger charge is -2.27. The van der Waals surface area contributed by atoms with Crippen molar-refractivity contribution in [2.75, 3.05) is 50.2 Å². The molecule has 0 bridgehead atoms. The molecule has 0 saturated carbocycles. The van der Waals surface area contributed by atoms with Gasteiger partial charge in [0.25, 0.3) is 0 Å². The van der Waals surface area contributed by atoms with Crippen LogP contribution in [0.4, 0.5) is 11.6 Å². The fraction of sp³-hybridized carbons (Fsp3) is 0.333. The fourth-order valence-electron chi connectivity index (χ4n) is 3.27. The van der Waals surface area contributed by atoms with Crippen molar-refractivity contribution >= 4 is 22.5 Å². The van der Waals surface area contributed by atoms with Gasteiger partial charge in [-0.25, -0.2) is 9.97 Å². The third-order valence-corrected chi connectivity index (χ3v) is 4.79. The topological polar surface area (TPSA) is 41.5 Å². The van der Waals surface area contributed by atoms with E-state index >= 15 is 0 Å². The van der Waals surface area contributed by atoms with E-state index in [0.717, 1.165) is 54.4 Å². The number of benzene rings is 2. The predicted molar refractivity (Wildman–Crippen MR) is 107 cm³/mol. The molecule has 1 aromatic heterocycles. The summed E-state index contributed by atoms with van der Waals surface area (Å²) in [6.45, 7) is 5.21. The Balaban J connectivity index is 1.86. The van der Waals surface area contributed by atoms with Crippen LogP contribution in [0.15, 0.2) is 42.5 Å². The summed E-state index contributed by atoms with van der Waals surface area (Å²) in [7, 11) is 4.10. The van der Waals surface area contributed by atoms with Gasteiger partial charge in [0, 0.05) is 43.8 Å². The molecule has 0 radical (unpaired) electrons. The summed E-state index contributed by atoms with van der Waals surface area (Å²) in [5, 5.41) is 1.10. The molecule has 0 aliphatic carbocycles. The number of ether oxygens (including phenoxy) is 1. The maximum Gasteiger partial charge on any atom is 0.226 e. The van der Waals surface area contributed by atoms with E-state index in [1.807, 2.05) is 0 Å². The smallest absolute Gasteiger partial charge is 0.226 e. The number of nitrogens with zero attached hydrogens (tertiary/aromatic N) is 4. The van der Waals surface area contributed by atoms with Gasteiger partial charge in [-0.2, -0.15) is 0 Å². The second kappa shape index (κ2) is 6.92. The van der Waals surface area contributed by atoms with Gasteiger partial charge in [-0.15, -0.1) is 0 Å². The van der Waals surface area contributed by atoms with E-state index < -0.39 is 0 Å². The molecule has 3 aromatic rings. The lowest BCUT2D eigenvalue weighted by molar-refractivity contribution is 0.122. The summed E-state index contributed by atoms with van der Waals surface area (Å²) < 4.78 is 5.47. The highest BCUT2D eigenvalue weighted by Crippen LogP contribution is 2.30. The maximum absolute atomic E-state index is 5.47. The quantitative estimate of drug-likeness (QED) is 0.724. The van der Waals surface area contributed by atoms with Gasteiger partial charge in [0.05, 0.1) is 24.4 Å². The molecule has 2 aromatic carbocycles. The van der Waals surface area contributed by atoms with Crippen molar-refractivity contribution in [2.45, 2.75) is 6.92 Å². The van der Waals surface area contributed by atoms with Crippen LogP contribution in [0.1, 0.15) is 5.56 Å². The first kappa shape index (κ1) is 16.8. The first-order valence-electron chi connectivity index (χ1n) is 9.01. The lowest BCUT2D eigenvalue weighted by atomic mass is 10.0. The standard InChI is InChI=1S/C21H24N4O/c1-15-4-9-19-18(14-15)20(16-5-7-17(8-6-16)24(2)3)23-21(22-19)25-10-12-26-13-11-25/h4-9,14H,10-13H2,1-3H3. The monoisotopic (exact) mass is 348 g/mol. The van der Waals surface area contributed by atoms with Crippen LogP contribution in [0.2, 0.25) is 0 Å². The van der Waals surface area contributed by atoms with E-state index in [1.54, 1.807) is 0 Å². The molecule has 2 heterocycles. The first-order valence-corrected chi connectivity index (χ1v) is 9.01. The summed E-state index contributed by atoms with van der Waals surface area (Å²) in [5.41, 5.74) is 5.48. The molecule has 0 unspecified atom stereocenters. The van der Waals surface area contributed by atoms with Crippen LogP contribution in [0.25, 0.3) is 22.2 Å². The molecular formula is C21H24N4O. The number of aromatic nitrogens is 2. The Morgan fingerprint density at radius 2 is 1.69 bits per heavy atom. The molecule has 1 fully saturated rings. The number of anilines is 2. The van der Waals surface area contributed by atoms with E-state index in [-0.39, 0.29) is 0 Å². The van der Waals surface area contributed by atoms with Gasteiger partial charge in [-0.1, -0.05) is 23.8 Å². The minimum atomic E-state index is 0.724. The molecule has 1 saturated heterocycles. The highest BCUT2D eigenvalue weighted by atomic mass is 16.5. The van der Waals surface area contributed by atoms with Crippen molar-refractivity contribution < 1.29 is 4.74 Å². The molecule has 0 spiro atoms. The zero-order valence-electron chi connectivity index (χ0n) is 15.6. The van der Waals surface area contributed by atoms with Crippen molar-refractivity contribution in [3.05, 3.63) is 48.0 Å². The minimum absolute atomic E-state index is 0.724. The van der Waals surface area contributed by atoms with Gasteiger partial charge >= 0.3 is 0 Å². The Morgan fingerprint density at radius 3 is 2.38 bits per heavy atom. The fourth-order valence-corrected chi connectivity index (χ4v) is 3.27. The van der Waals surface area contributed by atoms with E-state index in [1.165, 1.54) is 11.3 Å². The number of fused-ring (bicyclic) bond motifs is 1. The van der Waals surface area contributed by atoms with Crippen LogP contribution in [-0.4, -0.2) is 50.4 Å². The van der Waals surface area contributed by atoms with Gasteiger partial charge in [0.1, 0.15) is 0 Å².